The van der Waals surface area contributed by atoms with Gasteiger partial charge in [-0.1, -0.05) is 23.2 Å². The summed E-state index contributed by atoms with van der Waals surface area (Å²) in [6.07, 6.45) is 0. The average molecular weight is 181 g/mol. The maximum atomic E-state index is 9.44. The molecule has 60 valence electrons. The molecule has 5 nitrogen and oxygen atoms in total. The third-order valence-corrected chi connectivity index (χ3v) is 0.560. The lowest BCUT2D eigenvalue weighted by atomic mass is 10.8. The van der Waals surface area contributed by atoms with E-state index in [-0.39, 0.29) is 17.8 Å². The van der Waals surface area contributed by atoms with Gasteiger partial charge in [0, 0.05) is 0 Å². The molecule has 0 saturated carbocycles. The van der Waals surface area contributed by atoms with Gasteiger partial charge in [0.05, 0.1) is 0 Å². The quantitative estimate of drug-likeness (QED) is 0.502. The molecule has 0 unspecified atom stereocenters. The van der Waals surface area contributed by atoms with Gasteiger partial charge in [-0.15, -0.1) is 0 Å². The van der Waals surface area contributed by atoms with Crippen molar-refractivity contribution in [3.8, 4) is 0 Å². The Morgan fingerprint density at radius 1 is 1.33 bits per heavy atom. The molecule has 0 radical (unpaired) electrons. The molecule has 0 atom stereocenters. The molecule has 0 saturated heterocycles. The Morgan fingerprint density at radius 3 is 1.44 bits per heavy atom. The van der Waals surface area contributed by atoms with Crippen LogP contribution in [0.25, 0.3) is 0 Å². The standard InChI is InChI=1S/C2H2Cl2O2.2H3N.H2O/c3-1(4)2(5)6;;;/h1H,(H,5,6);2*1H3;1H2. The van der Waals surface area contributed by atoms with E-state index >= 15 is 0 Å². The zero-order chi connectivity index (χ0) is 5.15. The Hall–Kier alpha value is -0.0700. The minimum absolute atomic E-state index is 0. The van der Waals surface area contributed by atoms with E-state index < -0.39 is 10.8 Å². The minimum atomic E-state index is -1.29. The minimum Gasteiger partial charge on any atom is -0.479 e. The fourth-order valence-corrected chi connectivity index (χ4v) is 0. The van der Waals surface area contributed by atoms with E-state index in [1.807, 2.05) is 0 Å². The van der Waals surface area contributed by atoms with Gasteiger partial charge in [-0.25, -0.2) is 4.79 Å². The van der Waals surface area contributed by atoms with Crippen molar-refractivity contribution < 1.29 is 15.4 Å². The van der Waals surface area contributed by atoms with Crippen molar-refractivity contribution in [2.24, 2.45) is 0 Å². The van der Waals surface area contributed by atoms with Crippen LogP contribution in [0.5, 0.6) is 0 Å². The summed E-state index contributed by atoms with van der Waals surface area (Å²) in [5.74, 6) is -1.21. The normalized spacial score (nSPS) is 6.11. The number of halogens is 2. The lowest BCUT2D eigenvalue weighted by Crippen LogP contribution is -2.03. The number of hydrogen-bond donors (Lipinski definition) is 3. The summed E-state index contributed by atoms with van der Waals surface area (Å²) in [6.45, 7) is 0. The molecule has 0 heterocycles. The molecule has 0 fully saturated rings. The van der Waals surface area contributed by atoms with Crippen LogP contribution in [0.1, 0.15) is 0 Å². The van der Waals surface area contributed by atoms with Crippen molar-refractivity contribution in [3.63, 3.8) is 0 Å². The second-order valence-electron chi connectivity index (χ2n) is 0.639. The van der Waals surface area contributed by atoms with Gasteiger partial charge in [0.1, 0.15) is 0 Å². The van der Waals surface area contributed by atoms with Gasteiger partial charge in [-0.3, -0.25) is 0 Å². The highest BCUT2D eigenvalue weighted by Crippen LogP contribution is 1.98. The number of rotatable bonds is 1. The van der Waals surface area contributed by atoms with Crippen LogP contribution < -0.4 is 12.3 Å². The predicted octanol–water partition coefficient (Wildman–Crippen LogP) is 0.374. The molecule has 0 aliphatic carbocycles. The Labute approximate surface area is 62.4 Å². The van der Waals surface area contributed by atoms with Gasteiger partial charge in [-0.05, 0) is 0 Å². The zero-order valence-corrected chi connectivity index (χ0v) is 6.11. The third-order valence-electron chi connectivity index (χ3n) is 0.187. The second-order valence-corrected chi connectivity index (χ2v) is 1.74. The fraction of sp³-hybridized carbons (Fsp3) is 0.500. The molecule has 0 aromatic rings. The summed E-state index contributed by atoms with van der Waals surface area (Å²) in [4.78, 5) is 8.15. The van der Waals surface area contributed by atoms with Crippen LogP contribution >= 0.6 is 23.2 Å². The first kappa shape index (κ1) is 23.1. The number of carboxylic acid groups (broad SMARTS) is 1. The topological polar surface area (TPSA) is 139 Å². The molecule has 0 amide bonds. The van der Waals surface area contributed by atoms with Crippen molar-refractivity contribution in [1.29, 1.82) is 0 Å². The van der Waals surface area contributed by atoms with E-state index in [0.717, 1.165) is 0 Å². The summed E-state index contributed by atoms with van der Waals surface area (Å²) >= 11 is 9.56. The van der Waals surface area contributed by atoms with Gasteiger partial charge in [0.25, 0.3) is 0 Å². The fourth-order valence-electron chi connectivity index (χ4n) is 0. The number of hydrogen-bond acceptors (Lipinski definition) is 3. The lowest BCUT2D eigenvalue weighted by molar-refractivity contribution is -0.135. The van der Waals surface area contributed by atoms with Crippen LogP contribution in [-0.2, 0) is 4.79 Å². The van der Waals surface area contributed by atoms with Crippen LogP contribution in [0.3, 0.4) is 0 Å². The molecule has 0 aromatic carbocycles. The number of aliphatic carboxylic acids is 1. The zero-order valence-electron chi connectivity index (χ0n) is 4.60. The van der Waals surface area contributed by atoms with Crippen LogP contribution in [0, 0.1) is 0 Å². The maximum Gasteiger partial charge on any atom is 0.337 e. The van der Waals surface area contributed by atoms with E-state index in [1.54, 1.807) is 0 Å². The summed E-state index contributed by atoms with van der Waals surface area (Å²) in [6, 6.07) is 0. The van der Waals surface area contributed by atoms with E-state index in [9.17, 15) is 4.79 Å². The summed E-state index contributed by atoms with van der Waals surface area (Å²) in [7, 11) is 0. The summed E-state index contributed by atoms with van der Waals surface area (Å²) < 4.78 is 0. The summed E-state index contributed by atoms with van der Waals surface area (Å²) in [5, 5.41) is 7.73. The van der Waals surface area contributed by atoms with Gasteiger partial charge in [-0.2, -0.15) is 0 Å². The number of alkyl halides is 2. The first-order valence-electron chi connectivity index (χ1n) is 1.15. The molecule has 0 spiro atoms. The summed E-state index contributed by atoms with van der Waals surface area (Å²) in [5.41, 5.74) is 0. The first-order valence-corrected chi connectivity index (χ1v) is 2.03. The molecule has 9 N–H and O–H groups in total. The average Bonchev–Trinajstić information content (AvgIpc) is 1.36. The maximum absolute atomic E-state index is 9.44. The van der Waals surface area contributed by atoms with Crippen molar-refractivity contribution >= 4 is 29.2 Å². The molecule has 9 heavy (non-hydrogen) atoms. The van der Waals surface area contributed by atoms with Gasteiger partial charge >= 0.3 is 5.97 Å². The molecular formula is C2H10Cl2N2O3. The molecule has 0 aromatic heterocycles. The highest BCUT2D eigenvalue weighted by molar-refractivity contribution is 6.52. The SMILES string of the molecule is N.N.O.O=C(O)C(Cl)Cl. The van der Waals surface area contributed by atoms with Gasteiger partial charge in [0.2, 0.25) is 4.84 Å². The Balaban J connectivity index is -0.0000000417. The van der Waals surface area contributed by atoms with Crippen LogP contribution in [0.2, 0.25) is 0 Å². The Kier molecular flexibility index (Phi) is 27.8. The molecular weight excluding hydrogens is 171 g/mol. The predicted molar refractivity (Wildman–Crippen MR) is 36.8 cm³/mol. The van der Waals surface area contributed by atoms with Crippen molar-refractivity contribution in [2.45, 2.75) is 4.84 Å². The number of carbonyl (C=O) groups is 1. The molecule has 7 heteroatoms. The van der Waals surface area contributed by atoms with Crippen molar-refractivity contribution in [2.75, 3.05) is 0 Å². The first-order chi connectivity index (χ1) is 2.64. The third kappa shape index (κ3) is 18.1. The smallest absolute Gasteiger partial charge is 0.337 e. The molecule has 0 aliphatic rings. The highest BCUT2D eigenvalue weighted by Gasteiger charge is 2.05. The van der Waals surface area contributed by atoms with E-state index in [4.69, 9.17) is 28.3 Å². The molecule has 0 bridgehead atoms. The van der Waals surface area contributed by atoms with E-state index in [1.165, 1.54) is 0 Å². The second kappa shape index (κ2) is 10.8. The van der Waals surface area contributed by atoms with Gasteiger partial charge in [0.15, 0.2) is 0 Å². The van der Waals surface area contributed by atoms with Crippen molar-refractivity contribution in [3.05, 3.63) is 0 Å². The molecule has 0 rings (SSSR count). The van der Waals surface area contributed by atoms with E-state index in [2.05, 4.69) is 0 Å². The van der Waals surface area contributed by atoms with Crippen molar-refractivity contribution in [1.82, 2.24) is 12.3 Å². The Bertz CT molecular complexity index is 68.8. The van der Waals surface area contributed by atoms with Gasteiger partial charge < -0.3 is 22.9 Å². The Morgan fingerprint density at radius 2 is 1.44 bits per heavy atom. The van der Waals surface area contributed by atoms with E-state index in [0.29, 0.717) is 0 Å². The highest BCUT2D eigenvalue weighted by atomic mass is 35.5. The molecule has 0 aliphatic heterocycles. The van der Waals surface area contributed by atoms with Crippen LogP contribution in [-0.4, -0.2) is 21.4 Å². The lowest BCUT2D eigenvalue weighted by Gasteiger charge is -1.84. The number of carboxylic acids is 1. The van der Waals surface area contributed by atoms with Crippen LogP contribution in [0.4, 0.5) is 0 Å². The van der Waals surface area contributed by atoms with Crippen LogP contribution in [0.15, 0.2) is 0 Å². The monoisotopic (exact) mass is 180 g/mol. The largest absolute Gasteiger partial charge is 0.479 e.